The summed E-state index contributed by atoms with van der Waals surface area (Å²) in [6.07, 6.45) is 0. The minimum atomic E-state index is -0.197. The van der Waals surface area contributed by atoms with Crippen LogP contribution in [0.3, 0.4) is 0 Å². The number of nitrogens with zero attached hydrogens (tertiary/aromatic N) is 2. The highest BCUT2D eigenvalue weighted by atomic mass is 32.2. The van der Waals surface area contributed by atoms with E-state index in [4.69, 9.17) is 0 Å². The van der Waals surface area contributed by atoms with E-state index >= 15 is 0 Å². The summed E-state index contributed by atoms with van der Waals surface area (Å²) in [4.78, 5) is 34.0. The topological polar surface area (TPSA) is 66.1 Å². The third-order valence-corrected chi connectivity index (χ3v) is 5.94. The van der Waals surface area contributed by atoms with Gasteiger partial charge in [-0.15, -0.1) is 0 Å². The Morgan fingerprint density at radius 3 is 2.17 bits per heavy atom. The molecule has 29 heavy (non-hydrogen) atoms. The van der Waals surface area contributed by atoms with Crippen molar-refractivity contribution in [1.82, 2.24) is 9.97 Å². The summed E-state index contributed by atoms with van der Waals surface area (Å²) in [5.74, 6) is 0.744. The van der Waals surface area contributed by atoms with Gasteiger partial charge in [-0.05, 0) is 29.5 Å². The van der Waals surface area contributed by atoms with E-state index in [2.05, 4.69) is 23.8 Å². The number of carbonyl (C=O) groups excluding carboxylic acids is 1. The number of hydrogen-bond donors (Lipinski definition) is 1. The van der Waals surface area contributed by atoms with Crippen molar-refractivity contribution in [2.45, 2.75) is 30.0 Å². The molecule has 7 heteroatoms. The zero-order chi connectivity index (χ0) is 20.6. The lowest BCUT2D eigenvalue weighted by Gasteiger charge is -2.22. The number of H-pyrrole nitrogens is 1. The van der Waals surface area contributed by atoms with Gasteiger partial charge in [0, 0.05) is 23.2 Å². The van der Waals surface area contributed by atoms with Crippen LogP contribution in [0.2, 0.25) is 0 Å². The number of aromatic nitrogens is 2. The maximum atomic E-state index is 13.1. The van der Waals surface area contributed by atoms with Gasteiger partial charge in [0.2, 0.25) is 5.91 Å². The molecule has 0 saturated heterocycles. The van der Waals surface area contributed by atoms with Gasteiger partial charge < -0.3 is 4.98 Å². The SMILES string of the molecule is CC(C)SCc1cc(=O)[nH]c(SCC(=O)N(c2ccccc2)c2ccccc2)n1. The van der Waals surface area contributed by atoms with Crippen molar-refractivity contribution >= 4 is 40.8 Å². The van der Waals surface area contributed by atoms with Crippen LogP contribution >= 0.6 is 23.5 Å². The van der Waals surface area contributed by atoms with Crippen molar-refractivity contribution in [2.75, 3.05) is 10.7 Å². The van der Waals surface area contributed by atoms with Crippen molar-refractivity contribution in [3.8, 4) is 0 Å². The fraction of sp³-hybridized carbons (Fsp3) is 0.227. The molecule has 5 nitrogen and oxygen atoms in total. The highest BCUT2D eigenvalue weighted by molar-refractivity contribution is 7.99. The molecule has 1 heterocycles. The Kier molecular flexibility index (Phi) is 7.55. The molecule has 1 N–H and O–H groups in total. The van der Waals surface area contributed by atoms with Crippen molar-refractivity contribution < 1.29 is 4.79 Å². The minimum Gasteiger partial charge on any atom is -0.301 e. The van der Waals surface area contributed by atoms with E-state index in [0.29, 0.717) is 16.2 Å². The maximum Gasteiger partial charge on any atom is 0.251 e. The summed E-state index contributed by atoms with van der Waals surface area (Å²) in [6.45, 7) is 4.21. The van der Waals surface area contributed by atoms with Gasteiger partial charge >= 0.3 is 0 Å². The van der Waals surface area contributed by atoms with Gasteiger partial charge in [-0.1, -0.05) is 62.0 Å². The maximum absolute atomic E-state index is 13.1. The standard InChI is InChI=1S/C22H23N3O2S2/c1-16(2)28-14-17-13-20(26)24-22(23-17)29-15-21(27)25(18-9-5-3-6-10-18)19-11-7-4-8-12-19/h3-13,16H,14-15H2,1-2H3,(H,23,24,26). The first-order chi connectivity index (χ1) is 14.0. The monoisotopic (exact) mass is 425 g/mol. The van der Waals surface area contributed by atoms with Crippen molar-refractivity contribution in [1.29, 1.82) is 0 Å². The van der Waals surface area contributed by atoms with E-state index in [-0.39, 0.29) is 17.2 Å². The fourth-order valence-corrected chi connectivity index (χ4v) is 4.06. The third kappa shape index (κ3) is 6.24. The summed E-state index contributed by atoms with van der Waals surface area (Å²) in [7, 11) is 0. The summed E-state index contributed by atoms with van der Waals surface area (Å²) in [6, 6.07) is 20.6. The Labute approximate surface area is 179 Å². The molecule has 0 aliphatic heterocycles. The highest BCUT2D eigenvalue weighted by Crippen LogP contribution is 2.27. The molecule has 0 aliphatic rings. The first kappa shape index (κ1) is 21.2. The quantitative estimate of drug-likeness (QED) is 0.412. The lowest BCUT2D eigenvalue weighted by atomic mass is 10.2. The van der Waals surface area contributed by atoms with E-state index < -0.39 is 0 Å². The molecule has 0 saturated carbocycles. The molecule has 0 atom stereocenters. The smallest absolute Gasteiger partial charge is 0.251 e. The van der Waals surface area contributed by atoms with Gasteiger partial charge in [0.1, 0.15) is 0 Å². The second-order valence-corrected chi connectivity index (χ2v) is 9.12. The third-order valence-electron chi connectivity index (χ3n) is 3.95. The first-order valence-electron chi connectivity index (χ1n) is 9.30. The zero-order valence-corrected chi connectivity index (χ0v) is 18.0. The molecular formula is C22H23N3O2S2. The number of hydrogen-bond acceptors (Lipinski definition) is 5. The number of thioether (sulfide) groups is 2. The zero-order valence-electron chi connectivity index (χ0n) is 16.4. The van der Waals surface area contributed by atoms with Crippen LogP contribution < -0.4 is 10.5 Å². The average molecular weight is 426 g/mol. The average Bonchev–Trinajstić information content (AvgIpc) is 2.72. The predicted molar refractivity (Wildman–Crippen MR) is 122 cm³/mol. The number of benzene rings is 2. The summed E-state index contributed by atoms with van der Waals surface area (Å²) >= 11 is 2.97. The van der Waals surface area contributed by atoms with E-state index in [1.54, 1.807) is 16.7 Å². The molecule has 1 aromatic heterocycles. The van der Waals surface area contributed by atoms with Gasteiger partial charge in [0.25, 0.3) is 5.56 Å². The fourth-order valence-electron chi connectivity index (χ4n) is 2.66. The van der Waals surface area contributed by atoms with Gasteiger partial charge in [-0.3, -0.25) is 14.5 Å². The summed E-state index contributed by atoms with van der Waals surface area (Å²) < 4.78 is 0. The van der Waals surface area contributed by atoms with Crippen molar-refractivity contribution in [3.05, 3.63) is 82.8 Å². The number of aromatic amines is 1. The summed E-state index contributed by atoms with van der Waals surface area (Å²) in [5.41, 5.74) is 2.13. The minimum absolute atomic E-state index is 0.0861. The molecule has 0 spiro atoms. The van der Waals surface area contributed by atoms with Crippen LogP contribution in [-0.4, -0.2) is 26.9 Å². The first-order valence-corrected chi connectivity index (χ1v) is 11.3. The number of nitrogens with one attached hydrogen (secondary N) is 1. The molecule has 3 rings (SSSR count). The number of para-hydroxylation sites is 2. The Hall–Kier alpha value is -2.51. The molecule has 3 aromatic rings. The molecule has 0 bridgehead atoms. The van der Waals surface area contributed by atoms with Gasteiger partial charge in [0.05, 0.1) is 11.4 Å². The van der Waals surface area contributed by atoms with Crippen molar-refractivity contribution in [3.63, 3.8) is 0 Å². The number of amides is 1. The number of anilines is 2. The Morgan fingerprint density at radius 2 is 1.62 bits per heavy atom. The van der Waals surface area contributed by atoms with E-state index in [1.807, 2.05) is 60.7 Å². The predicted octanol–water partition coefficient (Wildman–Crippen LogP) is 4.87. The second kappa shape index (κ2) is 10.3. The normalized spacial score (nSPS) is 10.9. The molecule has 0 radical (unpaired) electrons. The van der Waals surface area contributed by atoms with Crippen LogP contribution in [0, 0.1) is 0 Å². The van der Waals surface area contributed by atoms with Crippen LogP contribution in [0.1, 0.15) is 19.5 Å². The van der Waals surface area contributed by atoms with E-state index in [0.717, 1.165) is 17.1 Å². The Bertz CT molecular complexity index is 952. The van der Waals surface area contributed by atoms with Gasteiger partial charge in [-0.2, -0.15) is 11.8 Å². The lowest BCUT2D eigenvalue weighted by molar-refractivity contribution is -0.115. The molecule has 2 aromatic carbocycles. The Morgan fingerprint density at radius 1 is 1.03 bits per heavy atom. The second-order valence-electron chi connectivity index (χ2n) is 6.59. The molecule has 0 unspecified atom stereocenters. The van der Waals surface area contributed by atoms with E-state index in [9.17, 15) is 9.59 Å². The van der Waals surface area contributed by atoms with Crippen LogP contribution in [0.15, 0.2) is 76.7 Å². The number of rotatable bonds is 8. The van der Waals surface area contributed by atoms with Gasteiger partial charge in [0.15, 0.2) is 5.16 Å². The molecule has 150 valence electrons. The lowest BCUT2D eigenvalue weighted by Crippen LogP contribution is -2.27. The Balaban J connectivity index is 1.76. The molecule has 0 fully saturated rings. The van der Waals surface area contributed by atoms with Crippen molar-refractivity contribution in [2.24, 2.45) is 0 Å². The molecule has 0 aliphatic carbocycles. The largest absolute Gasteiger partial charge is 0.301 e. The molecular weight excluding hydrogens is 402 g/mol. The molecule has 1 amide bonds. The van der Waals surface area contributed by atoms with Crippen LogP contribution in [0.5, 0.6) is 0 Å². The highest BCUT2D eigenvalue weighted by Gasteiger charge is 2.18. The van der Waals surface area contributed by atoms with Crippen LogP contribution in [0.4, 0.5) is 11.4 Å². The number of carbonyl (C=O) groups is 1. The summed E-state index contributed by atoms with van der Waals surface area (Å²) in [5, 5.41) is 0.922. The van der Waals surface area contributed by atoms with E-state index in [1.165, 1.54) is 17.8 Å². The van der Waals surface area contributed by atoms with Gasteiger partial charge in [-0.25, -0.2) is 4.98 Å². The van der Waals surface area contributed by atoms with Crippen LogP contribution in [-0.2, 0) is 10.5 Å². The van der Waals surface area contributed by atoms with Crippen LogP contribution in [0.25, 0.3) is 0 Å².